The smallest absolute Gasteiger partial charge is 0.243 e. The summed E-state index contributed by atoms with van der Waals surface area (Å²) >= 11 is 5.84. The first-order valence-corrected chi connectivity index (χ1v) is 11.5. The first-order chi connectivity index (χ1) is 14.4. The van der Waals surface area contributed by atoms with Gasteiger partial charge in [-0.15, -0.1) is 0 Å². The topological polar surface area (TPSA) is 84.9 Å². The Morgan fingerprint density at radius 1 is 1.10 bits per heavy atom. The van der Waals surface area contributed by atoms with E-state index in [0.29, 0.717) is 55.6 Å². The number of halogens is 1. The van der Waals surface area contributed by atoms with Crippen molar-refractivity contribution in [1.29, 1.82) is 0 Å². The molecule has 0 unspecified atom stereocenters. The van der Waals surface area contributed by atoms with Crippen molar-refractivity contribution in [2.24, 2.45) is 5.92 Å². The Kier molecular flexibility index (Phi) is 7.58. The largest absolute Gasteiger partial charge is 0.493 e. The Labute approximate surface area is 182 Å². The molecule has 9 heteroatoms. The Morgan fingerprint density at radius 2 is 1.73 bits per heavy atom. The van der Waals surface area contributed by atoms with Crippen molar-refractivity contribution in [3.05, 3.63) is 53.6 Å². The summed E-state index contributed by atoms with van der Waals surface area (Å²) in [7, 11) is -2.00. The van der Waals surface area contributed by atoms with Crippen LogP contribution < -0.4 is 14.8 Å². The second kappa shape index (κ2) is 10.1. The summed E-state index contributed by atoms with van der Waals surface area (Å²) in [4.78, 5) is 12.6. The first-order valence-electron chi connectivity index (χ1n) is 9.71. The number of nitrogens with zero attached hydrogens (tertiary/aromatic N) is 1. The molecule has 0 aromatic heterocycles. The van der Waals surface area contributed by atoms with Crippen LogP contribution in [0.5, 0.6) is 11.5 Å². The van der Waals surface area contributed by atoms with Crippen LogP contribution in [0.4, 0.5) is 0 Å². The summed E-state index contributed by atoms with van der Waals surface area (Å²) < 4.78 is 37.7. The van der Waals surface area contributed by atoms with E-state index in [9.17, 15) is 13.2 Å². The number of carbonyl (C=O) groups excluding carboxylic acids is 1. The van der Waals surface area contributed by atoms with Crippen molar-refractivity contribution in [3.8, 4) is 11.5 Å². The SMILES string of the molecule is COc1ccccc1OCCNC(=O)C1CCN(S(=O)(=O)c2ccc(Cl)cc2)CC1. The van der Waals surface area contributed by atoms with Gasteiger partial charge in [0.05, 0.1) is 18.6 Å². The maximum absolute atomic E-state index is 12.7. The number of carbonyl (C=O) groups is 1. The third kappa shape index (κ3) is 5.44. The first kappa shape index (κ1) is 22.4. The number of hydrogen-bond donors (Lipinski definition) is 1. The molecule has 1 aliphatic heterocycles. The van der Waals surface area contributed by atoms with Crippen LogP contribution in [-0.4, -0.2) is 52.0 Å². The molecule has 2 aromatic carbocycles. The molecule has 1 saturated heterocycles. The van der Waals surface area contributed by atoms with Gasteiger partial charge in [-0.3, -0.25) is 4.79 Å². The van der Waals surface area contributed by atoms with Crippen LogP contribution in [0.2, 0.25) is 5.02 Å². The lowest BCUT2D eigenvalue weighted by molar-refractivity contribution is -0.126. The lowest BCUT2D eigenvalue weighted by Gasteiger charge is -2.30. The van der Waals surface area contributed by atoms with Gasteiger partial charge in [-0.1, -0.05) is 23.7 Å². The standard InChI is InChI=1S/C21H25ClN2O5S/c1-28-19-4-2-3-5-20(19)29-15-12-23-21(25)16-10-13-24(14-11-16)30(26,27)18-8-6-17(22)7-9-18/h2-9,16H,10-15H2,1H3,(H,23,25). The van der Waals surface area contributed by atoms with Crippen LogP contribution in [0.25, 0.3) is 0 Å². The van der Waals surface area contributed by atoms with Crippen molar-refractivity contribution >= 4 is 27.5 Å². The number of amides is 1. The number of sulfonamides is 1. The zero-order valence-electron chi connectivity index (χ0n) is 16.7. The van der Waals surface area contributed by atoms with Gasteiger partial charge in [0.1, 0.15) is 6.61 Å². The van der Waals surface area contributed by atoms with Gasteiger partial charge in [0.2, 0.25) is 15.9 Å². The highest BCUT2D eigenvalue weighted by Gasteiger charge is 2.31. The predicted molar refractivity (Wildman–Crippen MR) is 114 cm³/mol. The van der Waals surface area contributed by atoms with Gasteiger partial charge in [-0.2, -0.15) is 4.31 Å². The molecule has 30 heavy (non-hydrogen) atoms. The molecule has 0 aliphatic carbocycles. The molecule has 162 valence electrons. The summed E-state index contributed by atoms with van der Waals surface area (Å²) in [5.74, 6) is 0.961. The lowest BCUT2D eigenvalue weighted by Crippen LogP contribution is -2.43. The van der Waals surface area contributed by atoms with E-state index in [1.54, 1.807) is 31.4 Å². The van der Waals surface area contributed by atoms with E-state index >= 15 is 0 Å². The lowest BCUT2D eigenvalue weighted by atomic mass is 9.97. The summed E-state index contributed by atoms with van der Waals surface area (Å²) in [5, 5.41) is 3.35. The highest BCUT2D eigenvalue weighted by Crippen LogP contribution is 2.26. The molecule has 1 fully saturated rings. The van der Waals surface area contributed by atoms with Crippen molar-refractivity contribution < 1.29 is 22.7 Å². The number of ether oxygens (including phenoxy) is 2. The molecule has 1 heterocycles. The quantitative estimate of drug-likeness (QED) is 0.622. The summed E-state index contributed by atoms with van der Waals surface area (Å²) in [6.07, 6.45) is 0.956. The molecule has 1 N–H and O–H groups in total. The van der Waals surface area contributed by atoms with Crippen LogP contribution in [0.15, 0.2) is 53.4 Å². The van der Waals surface area contributed by atoms with E-state index in [4.69, 9.17) is 21.1 Å². The van der Waals surface area contributed by atoms with Gasteiger partial charge in [0.15, 0.2) is 11.5 Å². The fraction of sp³-hybridized carbons (Fsp3) is 0.381. The van der Waals surface area contributed by atoms with Gasteiger partial charge >= 0.3 is 0 Å². The van der Waals surface area contributed by atoms with Gasteiger partial charge in [0, 0.05) is 24.0 Å². The molecule has 0 spiro atoms. The molecular weight excluding hydrogens is 428 g/mol. The van der Waals surface area contributed by atoms with Crippen LogP contribution in [0.1, 0.15) is 12.8 Å². The normalized spacial score (nSPS) is 15.5. The third-order valence-corrected chi connectivity index (χ3v) is 7.17. The average Bonchev–Trinajstić information content (AvgIpc) is 2.77. The molecule has 1 aliphatic rings. The Balaban J connectivity index is 1.44. The average molecular weight is 453 g/mol. The fourth-order valence-electron chi connectivity index (χ4n) is 3.33. The highest BCUT2D eigenvalue weighted by molar-refractivity contribution is 7.89. The van der Waals surface area contributed by atoms with Crippen LogP contribution in [0.3, 0.4) is 0 Å². The third-order valence-electron chi connectivity index (χ3n) is 5.00. The second-order valence-electron chi connectivity index (χ2n) is 6.92. The summed E-state index contributed by atoms with van der Waals surface area (Å²) in [5.41, 5.74) is 0. The molecule has 0 radical (unpaired) electrons. The van der Waals surface area contributed by atoms with Crippen LogP contribution >= 0.6 is 11.6 Å². The maximum atomic E-state index is 12.7. The second-order valence-corrected chi connectivity index (χ2v) is 9.30. The number of nitrogens with one attached hydrogen (secondary N) is 1. The van der Waals surface area contributed by atoms with Gasteiger partial charge in [0.25, 0.3) is 0 Å². The van der Waals surface area contributed by atoms with Crippen molar-refractivity contribution in [2.75, 3.05) is 33.4 Å². The number of hydrogen-bond acceptors (Lipinski definition) is 5. The number of para-hydroxylation sites is 2. The summed E-state index contributed by atoms with van der Waals surface area (Å²) in [6.45, 7) is 1.29. The maximum Gasteiger partial charge on any atom is 0.243 e. The number of benzene rings is 2. The Hall–Kier alpha value is -2.29. The minimum absolute atomic E-state index is 0.0813. The predicted octanol–water partition coefficient (Wildman–Crippen LogP) is 2.94. The Bertz CT molecular complexity index is 958. The monoisotopic (exact) mass is 452 g/mol. The molecule has 1 amide bonds. The molecule has 7 nitrogen and oxygen atoms in total. The number of piperidine rings is 1. The van der Waals surface area contributed by atoms with Gasteiger partial charge in [-0.05, 0) is 49.2 Å². The summed E-state index contributed by atoms with van der Waals surface area (Å²) in [6, 6.07) is 13.4. The molecule has 0 bridgehead atoms. The van der Waals surface area contributed by atoms with E-state index in [1.807, 2.05) is 12.1 Å². The molecular formula is C21H25ClN2O5S. The molecule has 0 saturated carbocycles. The molecule has 0 atom stereocenters. The number of rotatable bonds is 8. The van der Waals surface area contributed by atoms with E-state index in [1.165, 1.54) is 16.4 Å². The van der Waals surface area contributed by atoms with Gasteiger partial charge < -0.3 is 14.8 Å². The Morgan fingerprint density at radius 3 is 2.37 bits per heavy atom. The van der Waals surface area contributed by atoms with Crippen molar-refractivity contribution in [1.82, 2.24) is 9.62 Å². The van der Waals surface area contributed by atoms with E-state index in [-0.39, 0.29) is 16.7 Å². The minimum Gasteiger partial charge on any atom is -0.493 e. The molecule has 3 rings (SSSR count). The van der Waals surface area contributed by atoms with E-state index in [2.05, 4.69) is 5.32 Å². The zero-order chi connectivity index (χ0) is 21.6. The molecule has 2 aromatic rings. The minimum atomic E-state index is -3.57. The van der Waals surface area contributed by atoms with Gasteiger partial charge in [-0.25, -0.2) is 8.42 Å². The number of methoxy groups -OCH3 is 1. The zero-order valence-corrected chi connectivity index (χ0v) is 18.3. The van der Waals surface area contributed by atoms with E-state index < -0.39 is 10.0 Å². The fourth-order valence-corrected chi connectivity index (χ4v) is 4.93. The van der Waals surface area contributed by atoms with Crippen molar-refractivity contribution in [3.63, 3.8) is 0 Å². The van der Waals surface area contributed by atoms with Crippen LogP contribution in [-0.2, 0) is 14.8 Å². The van der Waals surface area contributed by atoms with Crippen LogP contribution in [0, 0.1) is 5.92 Å². The highest BCUT2D eigenvalue weighted by atomic mass is 35.5. The van der Waals surface area contributed by atoms with Crippen molar-refractivity contribution in [2.45, 2.75) is 17.7 Å². The van der Waals surface area contributed by atoms with E-state index in [0.717, 1.165) is 0 Å².